The van der Waals surface area contributed by atoms with E-state index in [-0.39, 0.29) is 83.1 Å². The molecule has 6 rings (SSSR count). The molecular formula is C29H29F5N4O3S. The van der Waals surface area contributed by atoms with Gasteiger partial charge in [0, 0.05) is 58.4 Å². The highest BCUT2D eigenvalue weighted by molar-refractivity contribution is 8.17. The molecule has 3 atom stereocenters. The summed E-state index contributed by atoms with van der Waals surface area (Å²) in [5, 5.41) is 0.120. The molecule has 42 heavy (non-hydrogen) atoms. The van der Waals surface area contributed by atoms with Gasteiger partial charge in [-0.25, -0.2) is 13.6 Å². The molecule has 1 spiro atoms. The molecule has 224 valence electrons. The van der Waals surface area contributed by atoms with Crippen LogP contribution < -0.4 is 10.6 Å². The molecular weight excluding hydrogens is 579 g/mol. The van der Waals surface area contributed by atoms with Crippen LogP contribution in [0.5, 0.6) is 0 Å². The van der Waals surface area contributed by atoms with Crippen molar-refractivity contribution in [2.45, 2.75) is 48.4 Å². The zero-order chi connectivity index (χ0) is 30.1. The van der Waals surface area contributed by atoms with E-state index in [9.17, 15) is 27.2 Å². The van der Waals surface area contributed by atoms with E-state index >= 15 is 4.39 Å². The molecule has 2 aromatic carbocycles. The molecule has 0 saturated carbocycles. The zero-order valence-corrected chi connectivity index (χ0v) is 23.8. The van der Waals surface area contributed by atoms with E-state index in [1.807, 2.05) is 6.92 Å². The van der Waals surface area contributed by atoms with E-state index in [0.29, 0.717) is 0 Å². The minimum Gasteiger partial charge on any atom is -0.380 e. The highest BCUT2D eigenvalue weighted by Gasteiger charge is 2.46. The third-order valence-corrected chi connectivity index (χ3v) is 11.2. The molecule has 13 heteroatoms. The van der Waals surface area contributed by atoms with Crippen LogP contribution in [-0.4, -0.2) is 64.5 Å². The van der Waals surface area contributed by atoms with Crippen molar-refractivity contribution < 1.29 is 31.5 Å². The van der Waals surface area contributed by atoms with Crippen LogP contribution in [0.25, 0.3) is 10.9 Å². The van der Waals surface area contributed by atoms with Crippen LogP contribution in [0, 0.1) is 17.0 Å². The number of thiol groups is 1. The highest BCUT2D eigenvalue weighted by Crippen LogP contribution is 2.56. The van der Waals surface area contributed by atoms with Crippen LogP contribution in [0.4, 0.5) is 27.8 Å². The highest BCUT2D eigenvalue weighted by atomic mass is 32.2. The second-order valence-electron chi connectivity index (χ2n) is 11.4. The van der Waals surface area contributed by atoms with Gasteiger partial charge in [-0.1, -0.05) is 6.58 Å². The molecule has 4 heterocycles. The minimum absolute atomic E-state index is 0.0824. The van der Waals surface area contributed by atoms with Crippen molar-refractivity contribution in [3.05, 3.63) is 70.7 Å². The second kappa shape index (κ2) is 10.1. The molecule has 3 aromatic rings. The van der Waals surface area contributed by atoms with Crippen LogP contribution in [-0.2, 0) is 22.3 Å². The fraction of sp³-hybridized carbons (Fsp3) is 0.414. The fourth-order valence-corrected chi connectivity index (χ4v) is 9.18. The van der Waals surface area contributed by atoms with Crippen LogP contribution in [0.1, 0.15) is 19.4 Å². The van der Waals surface area contributed by atoms with Gasteiger partial charge in [0.1, 0.15) is 17.5 Å². The van der Waals surface area contributed by atoms with Gasteiger partial charge in [0.15, 0.2) is 0 Å². The Kier molecular flexibility index (Phi) is 6.88. The molecule has 0 radical (unpaired) electrons. The van der Waals surface area contributed by atoms with Gasteiger partial charge in [0.05, 0.1) is 24.3 Å². The van der Waals surface area contributed by atoms with Crippen molar-refractivity contribution in [2.75, 3.05) is 37.0 Å². The smallest absolute Gasteiger partial charge is 0.380 e. The maximum Gasteiger partial charge on any atom is 0.416 e. The first-order valence-corrected chi connectivity index (χ1v) is 15.0. The standard InChI is InChI=1S/C29H29F5N4O3S/c1-4-24(39)36-10-17(3)37(11-16(36)2)26-20-7-18(29(32,33)34)8-23-25(20)38(27(40)35-26)12-28(13-41-14-28)15-42(23)22-6-5-19(30)9-21(22)31/h4-9,16-17,42H,1,10-15H2,2-3H3/t16-,17+/m1/s1. The summed E-state index contributed by atoms with van der Waals surface area (Å²) in [4.78, 5) is 34.1. The Morgan fingerprint density at radius 2 is 1.86 bits per heavy atom. The minimum atomic E-state index is -4.75. The Balaban J connectivity index is 1.63. The van der Waals surface area contributed by atoms with Crippen molar-refractivity contribution in [1.82, 2.24) is 14.5 Å². The number of ether oxygens (including phenoxy) is 1. The molecule has 1 amide bonds. The molecule has 0 N–H and O–H groups in total. The molecule has 1 unspecified atom stereocenters. The maximum atomic E-state index is 15.3. The Morgan fingerprint density at radius 3 is 2.48 bits per heavy atom. The second-order valence-corrected chi connectivity index (χ2v) is 13.5. The predicted molar refractivity (Wildman–Crippen MR) is 149 cm³/mol. The number of alkyl halides is 3. The van der Waals surface area contributed by atoms with Gasteiger partial charge in [0.2, 0.25) is 5.91 Å². The normalized spacial score (nSPS) is 24.4. The van der Waals surface area contributed by atoms with E-state index in [2.05, 4.69) is 11.6 Å². The molecule has 2 saturated heterocycles. The molecule has 3 aliphatic rings. The van der Waals surface area contributed by atoms with Crippen molar-refractivity contribution in [3.8, 4) is 0 Å². The number of anilines is 1. The first kappa shape index (κ1) is 28.7. The van der Waals surface area contributed by atoms with Gasteiger partial charge >= 0.3 is 11.9 Å². The molecule has 1 aromatic heterocycles. The zero-order valence-electron chi connectivity index (χ0n) is 22.9. The number of halogens is 5. The summed E-state index contributed by atoms with van der Waals surface area (Å²) in [5.74, 6) is -1.57. The average Bonchev–Trinajstić information content (AvgIpc) is 3.07. The average molecular weight is 609 g/mol. The molecule has 7 nitrogen and oxygen atoms in total. The number of amides is 1. The lowest BCUT2D eigenvalue weighted by molar-refractivity contribution is -0.137. The Bertz CT molecular complexity index is 1670. The van der Waals surface area contributed by atoms with Gasteiger partial charge in [-0.15, -0.1) is 0 Å². The third kappa shape index (κ3) is 4.66. The van der Waals surface area contributed by atoms with Gasteiger partial charge in [-0.2, -0.15) is 29.1 Å². The first-order chi connectivity index (χ1) is 19.8. The number of aromatic nitrogens is 2. The summed E-state index contributed by atoms with van der Waals surface area (Å²) in [6, 6.07) is 4.38. The van der Waals surface area contributed by atoms with Crippen LogP contribution in [0.15, 0.2) is 57.6 Å². The van der Waals surface area contributed by atoms with E-state index in [1.165, 1.54) is 16.7 Å². The number of hydrogen-bond donors (Lipinski definition) is 1. The number of piperazine rings is 1. The molecule has 2 fully saturated rings. The molecule has 0 aliphatic carbocycles. The predicted octanol–water partition coefficient (Wildman–Crippen LogP) is 4.75. The summed E-state index contributed by atoms with van der Waals surface area (Å²) in [7, 11) is -1.81. The summed E-state index contributed by atoms with van der Waals surface area (Å²) in [6.45, 7) is 8.27. The van der Waals surface area contributed by atoms with E-state index in [4.69, 9.17) is 4.74 Å². The number of nitrogens with zero attached hydrogens (tertiary/aromatic N) is 4. The van der Waals surface area contributed by atoms with Crippen molar-refractivity contribution in [2.24, 2.45) is 5.41 Å². The van der Waals surface area contributed by atoms with Crippen molar-refractivity contribution >= 4 is 33.5 Å². The summed E-state index contributed by atoms with van der Waals surface area (Å²) in [6.07, 6.45) is -3.54. The van der Waals surface area contributed by atoms with Gasteiger partial charge in [-0.05, 0) is 49.9 Å². The quantitative estimate of drug-likeness (QED) is 0.264. The van der Waals surface area contributed by atoms with E-state index < -0.39 is 45.4 Å². The lowest BCUT2D eigenvalue weighted by atomic mass is 9.88. The molecule has 0 bridgehead atoms. The first-order valence-electron chi connectivity index (χ1n) is 13.5. The van der Waals surface area contributed by atoms with Gasteiger partial charge in [-0.3, -0.25) is 9.36 Å². The monoisotopic (exact) mass is 608 g/mol. The van der Waals surface area contributed by atoms with Gasteiger partial charge in [0.25, 0.3) is 0 Å². The van der Waals surface area contributed by atoms with E-state index in [1.54, 1.807) is 16.7 Å². The number of carbonyl (C=O) groups is 1. The number of carbonyl (C=O) groups excluding carboxylic acids is 1. The lowest BCUT2D eigenvalue weighted by Gasteiger charge is -2.44. The van der Waals surface area contributed by atoms with Crippen molar-refractivity contribution in [3.63, 3.8) is 0 Å². The maximum absolute atomic E-state index is 15.3. The fourth-order valence-electron chi connectivity index (χ4n) is 6.26. The Morgan fingerprint density at radius 1 is 1.12 bits per heavy atom. The van der Waals surface area contributed by atoms with Crippen molar-refractivity contribution in [1.29, 1.82) is 0 Å². The number of benzene rings is 2. The Labute approximate surface area is 240 Å². The van der Waals surface area contributed by atoms with Crippen LogP contribution >= 0.6 is 10.9 Å². The van der Waals surface area contributed by atoms with Gasteiger partial charge < -0.3 is 14.5 Å². The SMILES string of the molecule is C=CC(=O)N1C[C@H](C)N(c2nc(=O)n3c4c(cc(C(F)(F)F)cc24)[SH](c2ccc(F)cc2F)CC2(COC2)C3)C[C@H]1C. The van der Waals surface area contributed by atoms with Crippen LogP contribution in [0.3, 0.4) is 0 Å². The number of hydrogen-bond acceptors (Lipinski definition) is 5. The third-order valence-electron chi connectivity index (χ3n) is 8.37. The Hall–Kier alpha value is -3.45. The largest absolute Gasteiger partial charge is 0.416 e. The summed E-state index contributed by atoms with van der Waals surface area (Å²) < 4.78 is 79.4. The number of rotatable bonds is 3. The van der Waals surface area contributed by atoms with E-state index in [0.717, 1.165) is 24.3 Å². The summed E-state index contributed by atoms with van der Waals surface area (Å²) >= 11 is 0. The molecule has 3 aliphatic heterocycles. The van der Waals surface area contributed by atoms with Crippen LogP contribution in [0.2, 0.25) is 0 Å². The topological polar surface area (TPSA) is 67.7 Å². The lowest BCUT2D eigenvalue weighted by Crippen LogP contribution is -2.58. The summed E-state index contributed by atoms with van der Waals surface area (Å²) in [5.41, 5.74) is -1.94.